The number of carbonyl (C=O) groups is 1. The Kier molecular flexibility index (Phi) is 5.99. The van der Waals surface area contributed by atoms with E-state index in [9.17, 15) is 13.2 Å². The number of hydrogen-bond acceptors (Lipinski definition) is 6. The monoisotopic (exact) mass is 384 g/mol. The standard InChI is InChI=1S/C16H17ClN2O5S/c1-10-9-11(2)19-15(17)14(10)16(20)24-8-7-23-12-3-5-13(6-4-12)25(18,21)22/h3-6,9H,7-8H2,1-2H3,(H2,18,21,22). The molecule has 0 fully saturated rings. The highest BCUT2D eigenvalue weighted by Crippen LogP contribution is 2.20. The first-order valence-electron chi connectivity index (χ1n) is 7.25. The van der Waals surface area contributed by atoms with E-state index >= 15 is 0 Å². The van der Waals surface area contributed by atoms with E-state index in [4.69, 9.17) is 26.2 Å². The molecule has 1 heterocycles. The molecule has 2 N–H and O–H groups in total. The Hall–Kier alpha value is -2.16. The van der Waals surface area contributed by atoms with Gasteiger partial charge in [0.25, 0.3) is 0 Å². The molecule has 0 spiro atoms. The van der Waals surface area contributed by atoms with Gasteiger partial charge in [0.2, 0.25) is 10.0 Å². The number of aromatic nitrogens is 1. The molecule has 25 heavy (non-hydrogen) atoms. The zero-order valence-electron chi connectivity index (χ0n) is 13.7. The highest BCUT2D eigenvalue weighted by molar-refractivity contribution is 7.89. The van der Waals surface area contributed by atoms with Crippen molar-refractivity contribution in [2.75, 3.05) is 13.2 Å². The maximum Gasteiger partial charge on any atom is 0.341 e. The Bertz CT molecular complexity index is 859. The van der Waals surface area contributed by atoms with Crippen molar-refractivity contribution in [3.05, 3.63) is 52.3 Å². The molecule has 0 bridgehead atoms. The second-order valence-corrected chi connectivity index (χ2v) is 7.17. The number of esters is 1. The SMILES string of the molecule is Cc1cc(C)c(C(=O)OCCOc2ccc(S(N)(=O)=O)cc2)c(Cl)n1. The summed E-state index contributed by atoms with van der Waals surface area (Å²) in [5, 5.41) is 5.11. The molecular weight excluding hydrogens is 368 g/mol. The Morgan fingerprint density at radius 2 is 1.84 bits per heavy atom. The predicted octanol–water partition coefficient (Wildman–Crippen LogP) is 2.24. The number of hydrogen-bond donors (Lipinski definition) is 1. The highest BCUT2D eigenvalue weighted by Gasteiger charge is 2.16. The van der Waals surface area contributed by atoms with Crippen molar-refractivity contribution >= 4 is 27.6 Å². The Morgan fingerprint density at radius 3 is 2.40 bits per heavy atom. The van der Waals surface area contributed by atoms with Crippen LogP contribution < -0.4 is 9.88 Å². The summed E-state index contributed by atoms with van der Waals surface area (Å²) in [7, 11) is -3.74. The van der Waals surface area contributed by atoms with Crippen molar-refractivity contribution in [3.63, 3.8) is 0 Å². The van der Waals surface area contributed by atoms with Crippen molar-refractivity contribution in [3.8, 4) is 5.75 Å². The third-order valence-corrected chi connectivity index (χ3v) is 4.44. The highest BCUT2D eigenvalue weighted by atomic mass is 35.5. The van der Waals surface area contributed by atoms with Crippen LogP contribution in [0.5, 0.6) is 5.75 Å². The fraction of sp³-hybridized carbons (Fsp3) is 0.250. The van der Waals surface area contributed by atoms with Gasteiger partial charge in [0.1, 0.15) is 24.1 Å². The van der Waals surface area contributed by atoms with Crippen LogP contribution in [0.3, 0.4) is 0 Å². The van der Waals surface area contributed by atoms with E-state index in [-0.39, 0.29) is 28.8 Å². The molecule has 0 aliphatic rings. The normalized spacial score (nSPS) is 11.2. The van der Waals surface area contributed by atoms with E-state index in [1.165, 1.54) is 24.3 Å². The van der Waals surface area contributed by atoms with E-state index in [1.807, 2.05) is 0 Å². The van der Waals surface area contributed by atoms with Crippen LogP contribution in [0.2, 0.25) is 5.15 Å². The van der Waals surface area contributed by atoms with E-state index in [0.717, 1.165) is 0 Å². The number of nitrogens with zero attached hydrogens (tertiary/aromatic N) is 1. The van der Waals surface area contributed by atoms with Crippen LogP contribution >= 0.6 is 11.6 Å². The molecule has 0 radical (unpaired) electrons. The van der Waals surface area contributed by atoms with Gasteiger partial charge in [-0.15, -0.1) is 0 Å². The first-order valence-corrected chi connectivity index (χ1v) is 9.17. The second-order valence-electron chi connectivity index (χ2n) is 5.25. The van der Waals surface area contributed by atoms with Gasteiger partial charge in [-0.05, 0) is 49.7 Å². The molecule has 0 aliphatic carbocycles. The molecule has 0 amide bonds. The van der Waals surface area contributed by atoms with E-state index in [2.05, 4.69) is 4.98 Å². The number of benzene rings is 1. The van der Waals surface area contributed by atoms with Gasteiger partial charge in [0.05, 0.1) is 10.5 Å². The van der Waals surface area contributed by atoms with Crippen molar-refractivity contribution in [1.29, 1.82) is 0 Å². The summed E-state index contributed by atoms with van der Waals surface area (Å²) >= 11 is 5.99. The van der Waals surface area contributed by atoms with Gasteiger partial charge >= 0.3 is 5.97 Å². The zero-order valence-corrected chi connectivity index (χ0v) is 15.2. The van der Waals surface area contributed by atoms with Gasteiger partial charge in [0.15, 0.2) is 0 Å². The summed E-state index contributed by atoms with van der Waals surface area (Å²) in [6.45, 7) is 3.62. The van der Waals surface area contributed by atoms with Crippen molar-refractivity contribution < 1.29 is 22.7 Å². The molecule has 0 aliphatic heterocycles. The van der Waals surface area contributed by atoms with Gasteiger partial charge < -0.3 is 9.47 Å². The number of carbonyl (C=O) groups excluding carboxylic acids is 1. The molecule has 9 heteroatoms. The summed E-state index contributed by atoms with van der Waals surface area (Å²) in [6.07, 6.45) is 0. The number of primary sulfonamides is 1. The molecule has 134 valence electrons. The van der Waals surface area contributed by atoms with Crippen LogP contribution in [-0.4, -0.2) is 32.6 Å². The first kappa shape index (κ1) is 19.2. The smallest absolute Gasteiger partial charge is 0.341 e. The minimum Gasteiger partial charge on any atom is -0.490 e. The lowest BCUT2D eigenvalue weighted by Crippen LogP contribution is -2.15. The Balaban J connectivity index is 1.88. The van der Waals surface area contributed by atoms with Crippen LogP contribution in [-0.2, 0) is 14.8 Å². The lowest BCUT2D eigenvalue weighted by molar-refractivity contribution is 0.0449. The molecular formula is C16H17ClN2O5S. The van der Waals surface area contributed by atoms with Crippen LogP contribution in [0.4, 0.5) is 0 Å². The zero-order chi connectivity index (χ0) is 18.6. The fourth-order valence-electron chi connectivity index (χ4n) is 2.13. The van der Waals surface area contributed by atoms with Gasteiger partial charge in [-0.2, -0.15) is 0 Å². The predicted molar refractivity (Wildman–Crippen MR) is 92.3 cm³/mol. The topological polar surface area (TPSA) is 109 Å². The Labute approximate surface area is 150 Å². The molecule has 7 nitrogen and oxygen atoms in total. The summed E-state index contributed by atoms with van der Waals surface area (Å²) < 4.78 is 32.8. The maximum absolute atomic E-state index is 12.1. The summed E-state index contributed by atoms with van der Waals surface area (Å²) in [5.41, 5.74) is 1.62. The minimum atomic E-state index is -3.74. The maximum atomic E-state index is 12.1. The molecule has 0 saturated heterocycles. The molecule has 0 atom stereocenters. The second kappa shape index (κ2) is 7.81. The molecule has 1 aromatic heterocycles. The number of pyridine rings is 1. The van der Waals surface area contributed by atoms with Crippen molar-refractivity contribution in [1.82, 2.24) is 4.98 Å². The summed E-state index contributed by atoms with van der Waals surface area (Å²) in [4.78, 5) is 16.1. The average molecular weight is 385 g/mol. The molecule has 0 unspecified atom stereocenters. The number of halogens is 1. The molecule has 2 aromatic rings. The van der Waals surface area contributed by atoms with Gasteiger partial charge in [-0.1, -0.05) is 11.6 Å². The lowest BCUT2D eigenvalue weighted by Gasteiger charge is -2.10. The van der Waals surface area contributed by atoms with Crippen LogP contribution in [0.15, 0.2) is 35.2 Å². The van der Waals surface area contributed by atoms with E-state index in [1.54, 1.807) is 19.9 Å². The van der Waals surface area contributed by atoms with Gasteiger partial charge in [0, 0.05) is 5.69 Å². The van der Waals surface area contributed by atoms with Crippen LogP contribution in [0.1, 0.15) is 21.6 Å². The lowest BCUT2D eigenvalue weighted by atomic mass is 10.1. The third kappa shape index (κ3) is 5.15. The summed E-state index contributed by atoms with van der Waals surface area (Å²) in [5.74, 6) is -0.155. The number of ether oxygens (including phenoxy) is 2. The van der Waals surface area contributed by atoms with E-state index < -0.39 is 16.0 Å². The van der Waals surface area contributed by atoms with Crippen LogP contribution in [0.25, 0.3) is 0 Å². The third-order valence-electron chi connectivity index (χ3n) is 3.24. The number of sulfonamides is 1. The molecule has 1 aromatic carbocycles. The molecule has 0 saturated carbocycles. The number of rotatable bonds is 6. The average Bonchev–Trinajstić information content (AvgIpc) is 2.50. The largest absolute Gasteiger partial charge is 0.490 e. The van der Waals surface area contributed by atoms with Crippen LogP contribution in [0, 0.1) is 13.8 Å². The number of aryl methyl sites for hydroxylation is 2. The first-order chi connectivity index (χ1) is 11.7. The number of nitrogens with two attached hydrogens (primary N) is 1. The summed E-state index contributed by atoms with van der Waals surface area (Å²) in [6, 6.07) is 7.33. The van der Waals surface area contributed by atoms with Crippen molar-refractivity contribution in [2.45, 2.75) is 18.7 Å². The fourth-order valence-corrected chi connectivity index (χ4v) is 3.00. The van der Waals surface area contributed by atoms with E-state index in [0.29, 0.717) is 17.0 Å². The van der Waals surface area contributed by atoms with Crippen molar-refractivity contribution in [2.24, 2.45) is 5.14 Å². The Morgan fingerprint density at radius 1 is 1.20 bits per heavy atom. The van der Waals surface area contributed by atoms with Gasteiger partial charge in [-0.3, -0.25) is 0 Å². The minimum absolute atomic E-state index is 0.000578. The quantitative estimate of drug-likeness (QED) is 0.464. The molecule has 2 rings (SSSR count). The van der Waals surface area contributed by atoms with Gasteiger partial charge in [-0.25, -0.2) is 23.3 Å².